The summed E-state index contributed by atoms with van der Waals surface area (Å²) in [6.45, 7) is 14.1. The fourth-order valence-corrected chi connectivity index (χ4v) is 11.9. The van der Waals surface area contributed by atoms with E-state index in [1.165, 1.54) is 63.5 Å². The Morgan fingerprint density at radius 2 is 0.957 bits per heavy atom. The van der Waals surface area contributed by atoms with Gasteiger partial charge in [-0.15, -0.1) is 0 Å². The van der Waals surface area contributed by atoms with Gasteiger partial charge in [0.25, 0.3) is 0 Å². The SMILES string of the molecule is CCC/C=C/CCC[Si](C)(C)O[Si](C)(C)CCC/C=C/CCC. The van der Waals surface area contributed by atoms with Gasteiger partial charge in [0.1, 0.15) is 0 Å². The lowest BCUT2D eigenvalue weighted by Crippen LogP contribution is -2.44. The van der Waals surface area contributed by atoms with E-state index in [-0.39, 0.29) is 0 Å². The summed E-state index contributed by atoms with van der Waals surface area (Å²) < 4.78 is 6.71. The van der Waals surface area contributed by atoms with E-state index in [1.54, 1.807) is 0 Å². The molecule has 0 amide bonds. The molecule has 3 heteroatoms. The van der Waals surface area contributed by atoms with Crippen LogP contribution >= 0.6 is 0 Å². The van der Waals surface area contributed by atoms with Crippen molar-refractivity contribution in [2.45, 2.75) is 103 Å². The second-order valence-electron chi connectivity index (χ2n) is 7.93. The summed E-state index contributed by atoms with van der Waals surface area (Å²) in [5.41, 5.74) is 0. The number of rotatable bonds is 14. The fourth-order valence-electron chi connectivity index (χ4n) is 2.95. The standard InChI is InChI=1S/C20H42OSi2/c1-7-9-11-13-15-17-19-22(3,4)21-23(5,6)20-18-16-14-12-10-8-2/h11-14H,7-10,15-20H2,1-6H3/b13-11+,14-12+. The monoisotopic (exact) mass is 354 g/mol. The molecule has 0 aromatic carbocycles. The van der Waals surface area contributed by atoms with E-state index in [0.717, 1.165) is 0 Å². The van der Waals surface area contributed by atoms with E-state index < -0.39 is 16.6 Å². The Morgan fingerprint density at radius 1 is 0.609 bits per heavy atom. The Balaban J connectivity index is 3.99. The first kappa shape index (κ1) is 22.9. The maximum Gasteiger partial charge on any atom is 0.173 e. The van der Waals surface area contributed by atoms with Crippen LogP contribution in [0.3, 0.4) is 0 Å². The molecule has 23 heavy (non-hydrogen) atoms. The molecule has 0 rings (SSSR count). The van der Waals surface area contributed by atoms with Gasteiger partial charge in [0.2, 0.25) is 0 Å². The predicted molar refractivity (Wildman–Crippen MR) is 112 cm³/mol. The summed E-state index contributed by atoms with van der Waals surface area (Å²) in [5, 5.41) is 0. The van der Waals surface area contributed by atoms with Crippen LogP contribution in [-0.2, 0) is 4.12 Å². The summed E-state index contributed by atoms with van der Waals surface area (Å²) in [6.07, 6.45) is 19.4. The van der Waals surface area contributed by atoms with Crippen LogP contribution in [-0.4, -0.2) is 16.6 Å². The molecule has 0 aromatic heterocycles. The second kappa shape index (κ2) is 13.2. The van der Waals surface area contributed by atoms with Crippen LogP contribution in [0.15, 0.2) is 24.3 Å². The Morgan fingerprint density at radius 3 is 1.30 bits per heavy atom. The highest BCUT2D eigenvalue weighted by molar-refractivity contribution is 6.84. The lowest BCUT2D eigenvalue weighted by atomic mass is 10.2. The van der Waals surface area contributed by atoms with Crippen molar-refractivity contribution in [3.05, 3.63) is 24.3 Å². The van der Waals surface area contributed by atoms with E-state index in [9.17, 15) is 0 Å². The van der Waals surface area contributed by atoms with Crippen LogP contribution in [0.5, 0.6) is 0 Å². The van der Waals surface area contributed by atoms with Gasteiger partial charge < -0.3 is 4.12 Å². The molecule has 0 saturated carbocycles. The van der Waals surface area contributed by atoms with Gasteiger partial charge >= 0.3 is 0 Å². The van der Waals surface area contributed by atoms with Gasteiger partial charge in [-0.1, -0.05) is 63.8 Å². The van der Waals surface area contributed by atoms with Crippen LogP contribution in [0, 0.1) is 0 Å². The van der Waals surface area contributed by atoms with Gasteiger partial charge in [0.05, 0.1) is 0 Å². The summed E-state index contributed by atoms with van der Waals surface area (Å²) in [5.74, 6) is 0. The quantitative estimate of drug-likeness (QED) is 0.176. The topological polar surface area (TPSA) is 9.23 Å². The first-order valence-electron chi connectivity index (χ1n) is 9.83. The lowest BCUT2D eigenvalue weighted by molar-refractivity contribution is 0.531. The van der Waals surface area contributed by atoms with Crippen LogP contribution in [0.2, 0.25) is 38.3 Å². The van der Waals surface area contributed by atoms with Crippen molar-refractivity contribution >= 4 is 16.6 Å². The van der Waals surface area contributed by atoms with E-state index in [2.05, 4.69) is 64.3 Å². The number of hydrogen-bond acceptors (Lipinski definition) is 1. The minimum atomic E-state index is -1.48. The van der Waals surface area contributed by atoms with Gasteiger partial charge in [-0.25, -0.2) is 0 Å². The van der Waals surface area contributed by atoms with Crippen molar-refractivity contribution in [3.8, 4) is 0 Å². The molecule has 0 atom stereocenters. The van der Waals surface area contributed by atoms with Gasteiger partial charge in [0, 0.05) is 0 Å². The molecule has 0 N–H and O–H groups in total. The molecule has 0 aromatic rings. The highest BCUT2D eigenvalue weighted by Gasteiger charge is 2.31. The van der Waals surface area contributed by atoms with Crippen LogP contribution in [0.1, 0.15) is 65.2 Å². The minimum Gasteiger partial charge on any atom is -0.455 e. The molecule has 0 spiro atoms. The van der Waals surface area contributed by atoms with Crippen molar-refractivity contribution < 1.29 is 4.12 Å². The summed E-state index contributed by atoms with van der Waals surface area (Å²) in [4.78, 5) is 0. The predicted octanol–water partition coefficient (Wildman–Crippen LogP) is 7.69. The third-order valence-electron chi connectivity index (χ3n) is 4.10. The second-order valence-corrected chi connectivity index (χ2v) is 16.8. The molecule has 0 saturated heterocycles. The molecule has 0 radical (unpaired) electrons. The van der Waals surface area contributed by atoms with Crippen molar-refractivity contribution in [3.63, 3.8) is 0 Å². The van der Waals surface area contributed by atoms with E-state index in [0.29, 0.717) is 0 Å². The van der Waals surface area contributed by atoms with E-state index in [1.807, 2.05) is 0 Å². The molecule has 0 fully saturated rings. The fraction of sp³-hybridized carbons (Fsp3) is 0.800. The average Bonchev–Trinajstić information content (AvgIpc) is 2.45. The number of unbranched alkanes of at least 4 members (excludes halogenated alkanes) is 4. The first-order valence-corrected chi connectivity index (χ1v) is 16.1. The molecular weight excluding hydrogens is 312 g/mol. The molecule has 0 heterocycles. The Kier molecular flexibility index (Phi) is 13.1. The van der Waals surface area contributed by atoms with Crippen LogP contribution in [0.25, 0.3) is 0 Å². The summed E-state index contributed by atoms with van der Waals surface area (Å²) in [6, 6.07) is 2.60. The molecule has 0 aliphatic heterocycles. The van der Waals surface area contributed by atoms with Crippen molar-refractivity contribution in [1.29, 1.82) is 0 Å². The maximum atomic E-state index is 6.71. The molecule has 0 unspecified atom stereocenters. The third-order valence-corrected chi connectivity index (χ3v) is 11.6. The smallest absolute Gasteiger partial charge is 0.173 e. The molecule has 0 aliphatic rings. The van der Waals surface area contributed by atoms with Crippen molar-refractivity contribution in [2.24, 2.45) is 0 Å². The Hall–Kier alpha value is -0.126. The maximum absolute atomic E-state index is 6.71. The molecule has 136 valence electrons. The third kappa shape index (κ3) is 15.2. The van der Waals surface area contributed by atoms with Crippen molar-refractivity contribution in [1.82, 2.24) is 0 Å². The first-order chi connectivity index (χ1) is 10.8. The highest BCUT2D eigenvalue weighted by atomic mass is 28.4. The molecule has 0 aliphatic carbocycles. The van der Waals surface area contributed by atoms with Crippen LogP contribution in [0.4, 0.5) is 0 Å². The molecule has 1 nitrogen and oxygen atoms in total. The van der Waals surface area contributed by atoms with E-state index >= 15 is 0 Å². The van der Waals surface area contributed by atoms with Gasteiger partial charge in [0.15, 0.2) is 16.6 Å². The summed E-state index contributed by atoms with van der Waals surface area (Å²) >= 11 is 0. The summed E-state index contributed by atoms with van der Waals surface area (Å²) in [7, 11) is -2.96. The largest absolute Gasteiger partial charge is 0.455 e. The van der Waals surface area contributed by atoms with E-state index in [4.69, 9.17) is 4.12 Å². The number of allylic oxidation sites excluding steroid dienone is 4. The highest BCUT2D eigenvalue weighted by Crippen LogP contribution is 2.25. The number of hydrogen-bond donors (Lipinski definition) is 0. The minimum absolute atomic E-state index is 1.23. The normalized spacial score (nSPS) is 13.5. The average molecular weight is 355 g/mol. The zero-order valence-corrected chi connectivity index (χ0v) is 18.8. The van der Waals surface area contributed by atoms with Gasteiger partial charge in [-0.05, 0) is 64.0 Å². The van der Waals surface area contributed by atoms with Gasteiger partial charge in [-0.3, -0.25) is 0 Å². The molecule has 0 bridgehead atoms. The Labute approximate surface area is 148 Å². The zero-order valence-electron chi connectivity index (χ0n) is 16.8. The zero-order chi connectivity index (χ0) is 17.6. The molecular formula is C20H42OSi2. The van der Waals surface area contributed by atoms with Crippen molar-refractivity contribution in [2.75, 3.05) is 0 Å². The Bertz CT molecular complexity index is 301. The lowest BCUT2D eigenvalue weighted by Gasteiger charge is -2.34. The van der Waals surface area contributed by atoms with Crippen LogP contribution < -0.4 is 0 Å². The van der Waals surface area contributed by atoms with Gasteiger partial charge in [-0.2, -0.15) is 0 Å².